The number of Topliss-reactive ketones (excluding diaryl/α,β-unsaturated/α-hetero) is 2. The second-order valence-corrected chi connectivity index (χ2v) is 8.55. The van der Waals surface area contributed by atoms with Crippen molar-refractivity contribution >= 4 is 23.0 Å². The van der Waals surface area contributed by atoms with E-state index in [1.807, 2.05) is 24.3 Å². The van der Waals surface area contributed by atoms with E-state index in [9.17, 15) is 20.0 Å². The van der Waals surface area contributed by atoms with Crippen LogP contribution in [0.5, 0.6) is 0 Å². The molecule has 0 spiro atoms. The predicted octanol–water partition coefficient (Wildman–Crippen LogP) is 4.87. The minimum Gasteiger partial charge on any atom is -0.411 e. The van der Waals surface area contributed by atoms with Crippen molar-refractivity contribution in [2.24, 2.45) is 10.3 Å². The van der Waals surface area contributed by atoms with Crippen molar-refractivity contribution < 1.29 is 29.5 Å². The van der Waals surface area contributed by atoms with Gasteiger partial charge in [-0.15, -0.1) is 0 Å². The first-order chi connectivity index (χ1) is 16.9. The molecule has 1 aliphatic carbocycles. The zero-order valence-corrected chi connectivity index (χ0v) is 20.6. The average Bonchev–Trinajstić information content (AvgIpc) is 3.16. The highest BCUT2D eigenvalue weighted by Gasteiger charge is 2.43. The Morgan fingerprint density at radius 1 is 0.771 bits per heavy atom. The van der Waals surface area contributed by atoms with Gasteiger partial charge in [-0.3, -0.25) is 9.59 Å². The molecule has 0 bridgehead atoms. The number of carbonyl (C=O) groups excluding carboxylic acids is 2. The van der Waals surface area contributed by atoms with Gasteiger partial charge in [0.1, 0.15) is 11.4 Å². The third-order valence-corrected chi connectivity index (χ3v) is 6.79. The highest BCUT2D eigenvalue weighted by Crippen LogP contribution is 2.53. The molecular weight excluding hydrogens is 448 g/mol. The molecule has 0 aliphatic heterocycles. The summed E-state index contributed by atoms with van der Waals surface area (Å²) in [6, 6.07) is 11.0. The minimum atomic E-state index is -0.575. The summed E-state index contributed by atoms with van der Waals surface area (Å²) in [4.78, 5) is 26.0. The third-order valence-electron chi connectivity index (χ3n) is 6.79. The number of nitrogens with zero attached hydrogens (tertiary/aromatic N) is 2. The first-order valence-corrected chi connectivity index (χ1v) is 11.7. The maximum atomic E-state index is 13.0. The van der Waals surface area contributed by atoms with E-state index in [4.69, 9.17) is 9.47 Å². The Labute approximate surface area is 205 Å². The van der Waals surface area contributed by atoms with Gasteiger partial charge in [-0.25, -0.2) is 0 Å². The van der Waals surface area contributed by atoms with Crippen LogP contribution in [0.3, 0.4) is 0 Å². The van der Waals surface area contributed by atoms with E-state index in [1.165, 1.54) is 0 Å². The molecule has 2 aromatic rings. The van der Waals surface area contributed by atoms with Crippen molar-refractivity contribution in [2.75, 3.05) is 27.4 Å². The van der Waals surface area contributed by atoms with Gasteiger partial charge in [0.05, 0.1) is 0 Å². The lowest BCUT2D eigenvalue weighted by molar-refractivity contribution is 0.105. The average molecular weight is 481 g/mol. The smallest absolute Gasteiger partial charge is 0.210 e. The summed E-state index contributed by atoms with van der Waals surface area (Å²) >= 11 is 0. The molecule has 0 aromatic heterocycles. The normalized spacial score (nSPS) is 14.5. The van der Waals surface area contributed by atoms with E-state index in [-0.39, 0.29) is 23.0 Å². The van der Waals surface area contributed by atoms with Gasteiger partial charge in [0.15, 0.2) is 0 Å². The van der Waals surface area contributed by atoms with Crippen molar-refractivity contribution in [3.63, 3.8) is 0 Å². The monoisotopic (exact) mass is 480 g/mol. The van der Waals surface area contributed by atoms with Crippen molar-refractivity contribution in [3.05, 3.63) is 58.7 Å². The molecule has 0 unspecified atom stereocenters. The summed E-state index contributed by atoms with van der Waals surface area (Å²) in [5.74, 6) is -0.660. The predicted molar refractivity (Wildman–Crippen MR) is 133 cm³/mol. The van der Waals surface area contributed by atoms with Crippen molar-refractivity contribution in [3.8, 4) is 11.1 Å². The van der Waals surface area contributed by atoms with Crippen LogP contribution in [0, 0.1) is 0 Å². The van der Waals surface area contributed by atoms with Gasteiger partial charge in [-0.05, 0) is 60.1 Å². The van der Waals surface area contributed by atoms with Crippen LogP contribution in [0.15, 0.2) is 46.7 Å². The van der Waals surface area contributed by atoms with E-state index in [0.29, 0.717) is 50.0 Å². The summed E-state index contributed by atoms with van der Waals surface area (Å²) in [5, 5.41) is 24.9. The van der Waals surface area contributed by atoms with Crippen molar-refractivity contribution in [1.29, 1.82) is 0 Å². The van der Waals surface area contributed by atoms with Gasteiger partial charge >= 0.3 is 0 Å². The zero-order valence-electron chi connectivity index (χ0n) is 20.6. The molecule has 1 aliphatic rings. The van der Waals surface area contributed by atoms with E-state index in [0.717, 1.165) is 22.3 Å². The van der Waals surface area contributed by atoms with Gasteiger partial charge in [0.25, 0.3) is 0 Å². The van der Waals surface area contributed by atoms with E-state index < -0.39 is 5.41 Å². The van der Waals surface area contributed by atoms with Crippen LogP contribution in [-0.2, 0) is 14.9 Å². The molecular formula is C27H32N2O6. The van der Waals surface area contributed by atoms with Crippen LogP contribution in [-0.4, -0.2) is 60.8 Å². The summed E-state index contributed by atoms with van der Waals surface area (Å²) in [7, 11) is 3.27. The Balaban J connectivity index is 2.25. The quantitative estimate of drug-likeness (QED) is 0.194. The molecule has 3 rings (SSSR count). The summed E-state index contributed by atoms with van der Waals surface area (Å²) in [5.41, 5.74) is 4.28. The first-order valence-electron chi connectivity index (χ1n) is 11.7. The van der Waals surface area contributed by atoms with Crippen LogP contribution in [0.25, 0.3) is 11.1 Å². The Morgan fingerprint density at radius 2 is 1.17 bits per heavy atom. The van der Waals surface area contributed by atoms with Gasteiger partial charge < -0.3 is 19.9 Å². The lowest BCUT2D eigenvalue weighted by Gasteiger charge is -2.32. The second kappa shape index (κ2) is 11.4. The molecule has 2 aromatic carbocycles. The number of ether oxygens (including phenoxy) is 2. The van der Waals surface area contributed by atoms with Gasteiger partial charge in [-0.2, -0.15) is 0 Å². The molecule has 0 saturated heterocycles. The molecule has 35 heavy (non-hydrogen) atoms. The number of hydrogen-bond donors (Lipinski definition) is 2. The number of ketones is 2. The van der Waals surface area contributed by atoms with E-state index >= 15 is 0 Å². The maximum absolute atomic E-state index is 13.0. The van der Waals surface area contributed by atoms with Crippen LogP contribution < -0.4 is 0 Å². The number of fused-ring (bicyclic) bond motifs is 3. The van der Waals surface area contributed by atoms with Gasteiger partial charge in [0.2, 0.25) is 11.6 Å². The molecule has 0 fully saturated rings. The number of rotatable bonds is 12. The van der Waals surface area contributed by atoms with Crippen LogP contribution in [0.4, 0.5) is 0 Å². The SMILES string of the molecule is CCC(=NO)C(=O)c1ccc2c(c1)C(CCOC)(CCOC)c1cc(C(=O)C(CC)=NO)ccc1-2. The topological polar surface area (TPSA) is 118 Å². The summed E-state index contributed by atoms with van der Waals surface area (Å²) in [6.07, 6.45) is 1.82. The van der Waals surface area contributed by atoms with E-state index in [1.54, 1.807) is 40.2 Å². The summed E-state index contributed by atoms with van der Waals surface area (Å²) in [6.45, 7) is 4.43. The summed E-state index contributed by atoms with van der Waals surface area (Å²) < 4.78 is 10.9. The van der Waals surface area contributed by atoms with Crippen LogP contribution in [0.1, 0.15) is 71.4 Å². The van der Waals surface area contributed by atoms with Gasteiger partial charge in [0, 0.05) is 44.0 Å². The second-order valence-electron chi connectivity index (χ2n) is 8.55. The molecule has 0 radical (unpaired) electrons. The molecule has 0 saturated carbocycles. The molecule has 8 nitrogen and oxygen atoms in total. The fourth-order valence-corrected chi connectivity index (χ4v) is 4.88. The maximum Gasteiger partial charge on any atom is 0.210 e. The molecule has 0 heterocycles. The fourth-order valence-electron chi connectivity index (χ4n) is 4.88. The highest BCUT2D eigenvalue weighted by molar-refractivity contribution is 6.46. The first kappa shape index (κ1) is 26.2. The fraction of sp³-hybridized carbons (Fsp3) is 0.407. The standard InChI is InChI=1S/C27H32N2O6/c1-5-23(28-32)25(30)17-7-9-19-20-10-8-18(26(31)24(6-2)29-33)16-22(20)27(11-13-34-3,12-14-35-4)21(19)15-17/h7-10,15-16,32-33H,5-6,11-14H2,1-4H3. The highest BCUT2D eigenvalue weighted by atomic mass is 16.5. The Kier molecular flexibility index (Phi) is 8.53. The molecule has 186 valence electrons. The largest absolute Gasteiger partial charge is 0.411 e. The number of hydrogen-bond acceptors (Lipinski definition) is 8. The number of benzene rings is 2. The Morgan fingerprint density at radius 3 is 1.49 bits per heavy atom. The molecule has 0 atom stereocenters. The van der Waals surface area contributed by atoms with E-state index in [2.05, 4.69) is 10.3 Å². The van der Waals surface area contributed by atoms with Crippen LogP contribution >= 0.6 is 0 Å². The molecule has 0 amide bonds. The Hall–Kier alpha value is -3.36. The van der Waals surface area contributed by atoms with Crippen LogP contribution in [0.2, 0.25) is 0 Å². The third kappa shape index (κ3) is 4.76. The number of carbonyl (C=O) groups is 2. The number of oxime groups is 2. The molecule has 8 heteroatoms. The Bertz CT molecular complexity index is 1080. The number of methoxy groups -OCH3 is 2. The lowest BCUT2D eigenvalue weighted by Crippen LogP contribution is -2.29. The lowest BCUT2D eigenvalue weighted by atomic mass is 9.72. The zero-order chi connectivity index (χ0) is 25.6. The minimum absolute atomic E-state index is 0.0862. The van der Waals surface area contributed by atoms with Gasteiger partial charge in [-0.1, -0.05) is 48.4 Å². The van der Waals surface area contributed by atoms with Crippen molar-refractivity contribution in [2.45, 2.75) is 44.9 Å². The molecule has 2 N–H and O–H groups in total. The van der Waals surface area contributed by atoms with Crippen molar-refractivity contribution in [1.82, 2.24) is 0 Å².